The fourth-order valence-corrected chi connectivity index (χ4v) is 3.52. The Balaban J connectivity index is 1.74. The molecule has 3 aromatic carbocycles. The number of carbonyl (C=O) groups excluding carboxylic acids is 2. The maximum Gasteiger partial charge on any atom is 0.343 e. The summed E-state index contributed by atoms with van der Waals surface area (Å²) < 4.78 is 37.3. The third-order valence-corrected chi connectivity index (χ3v) is 5.36. The fraction of sp³-hybridized carbons (Fsp3) is 0.214. The van der Waals surface area contributed by atoms with E-state index >= 15 is 0 Å². The number of ketones is 1. The smallest absolute Gasteiger partial charge is 0.343 e. The lowest BCUT2D eigenvalue weighted by molar-refractivity contribution is 0.0733. The number of benzene rings is 3. The number of methoxy groups -OCH3 is 6. The summed E-state index contributed by atoms with van der Waals surface area (Å²) >= 11 is 0. The normalized spacial score (nSPS) is 10.5. The first-order chi connectivity index (χ1) is 17.9. The summed E-state index contributed by atoms with van der Waals surface area (Å²) in [6.45, 7) is 0. The van der Waals surface area contributed by atoms with E-state index in [0.29, 0.717) is 45.6 Å². The molecule has 3 rings (SSSR count). The molecule has 0 saturated carbocycles. The van der Waals surface area contributed by atoms with Crippen LogP contribution < -0.4 is 33.2 Å². The lowest BCUT2D eigenvalue weighted by Gasteiger charge is -2.13. The summed E-state index contributed by atoms with van der Waals surface area (Å²) in [4.78, 5) is 25.4. The fourth-order valence-electron chi connectivity index (χ4n) is 3.52. The number of allylic oxidation sites excluding steroid dienone is 1. The van der Waals surface area contributed by atoms with Crippen LogP contribution in [-0.4, -0.2) is 54.4 Å². The second kappa shape index (κ2) is 12.3. The Hall–Kier alpha value is -4.66. The highest BCUT2D eigenvalue weighted by Crippen LogP contribution is 2.39. The number of ether oxygens (including phenoxy) is 7. The molecule has 0 aliphatic carbocycles. The van der Waals surface area contributed by atoms with Crippen molar-refractivity contribution in [3.8, 4) is 40.2 Å². The zero-order chi connectivity index (χ0) is 26.9. The molecule has 0 aliphatic rings. The van der Waals surface area contributed by atoms with E-state index in [1.54, 1.807) is 30.3 Å². The van der Waals surface area contributed by atoms with Crippen LogP contribution in [0.25, 0.3) is 6.08 Å². The van der Waals surface area contributed by atoms with Crippen molar-refractivity contribution in [2.24, 2.45) is 0 Å². The Morgan fingerprint density at radius 2 is 1.05 bits per heavy atom. The molecular weight excluding hydrogens is 480 g/mol. The molecule has 3 aromatic rings. The summed E-state index contributed by atoms with van der Waals surface area (Å²) in [6.07, 6.45) is 3.07. The van der Waals surface area contributed by atoms with Gasteiger partial charge in [-0.3, -0.25) is 4.79 Å². The molecule has 0 radical (unpaired) electrons. The molecular formula is C28H28O9. The van der Waals surface area contributed by atoms with Crippen molar-refractivity contribution in [2.45, 2.75) is 0 Å². The van der Waals surface area contributed by atoms with E-state index < -0.39 is 5.97 Å². The van der Waals surface area contributed by atoms with Crippen LogP contribution in [0.5, 0.6) is 40.2 Å². The van der Waals surface area contributed by atoms with Gasteiger partial charge in [-0.2, -0.15) is 0 Å². The molecule has 0 aromatic heterocycles. The van der Waals surface area contributed by atoms with E-state index in [1.165, 1.54) is 73.0 Å². The van der Waals surface area contributed by atoms with E-state index in [9.17, 15) is 9.59 Å². The van der Waals surface area contributed by atoms with Crippen LogP contribution in [0.1, 0.15) is 26.3 Å². The molecule has 0 bridgehead atoms. The van der Waals surface area contributed by atoms with Crippen molar-refractivity contribution >= 4 is 17.8 Å². The molecule has 194 valence electrons. The van der Waals surface area contributed by atoms with Crippen LogP contribution in [0.4, 0.5) is 0 Å². The van der Waals surface area contributed by atoms with Gasteiger partial charge in [0.1, 0.15) is 5.75 Å². The van der Waals surface area contributed by atoms with Gasteiger partial charge in [0.15, 0.2) is 28.8 Å². The highest BCUT2D eigenvalue weighted by atomic mass is 16.5. The number of hydrogen-bond acceptors (Lipinski definition) is 9. The zero-order valence-electron chi connectivity index (χ0n) is 21.4. The second-order valence-electron chi connectivity index (χ2n) is 7.48. The minimum atomic E-state index is -0.624. The number of rotatable bonds is 11. The van der Waals surface area contributed by atoms with Gasteiger partial charge in [-0.1, -0.05) is 6.08 Å². The molecule has 9 heteroatoms. The molecule has 0 saturated heterocycles. The molecule has 0 heterocycles. The van der Waals surface area contributed by atoms with E-state index in [1.807, 2.05) is 0 Å². The predicted octanol–water partition coefficient (Wildman–Crippen LogP) is 4.85. The Kier molecular flexibility index (Phi) is 8.99. The van der Waals surface area contributed by atoms with Crippen molar-refractivity contribution in [3.63, 3.8) is 0 Å². The van der Waals surface area contributed by atoms with Crippen molar-refractivity contribution in [1.82, 2.24) is 0 Å². The molecule has 9 nitrogen and oxygen atoms in total. The van der Waals surface area contributed by atoms with Crippen LogP contribution >= 0.6 is 0 Å². The topological polar surface area (TPSA) is 98.8 Å². The highest BCUT2D eigenvalue weighted by molar-refractivity contribution is 6.07. The lowest BCUT2D eigenvalue weighted by Crippen LogP contribution is -2.10. The molecule has 0 atom stereocenters. The third-order valence-electron chi connectivity index (χ3n) is 5.36. The van der Waals surface area contributed by atoms with Crippen molar-refractivity contribution in [3.05, 3.63) is 71.3 Å². The Bertz CT molecular complexity index is 1240. The van der Waals surface area contributed by atoms with Crippen molar-refractivity contribution in [2.75, 3.05) is 42.7 Å². The maximum atomic E-state index is 12.7. The van der Waals surface area contributed by atoms with E-state index in [0.717, 1.165) is 0 Å². The van der Waals surface area contributed by atoms with Crippen LogP contribution in [-0.2, 0) is 0 Å². The monoisotopic (exact) mass is 508 g/mol. The molecule has 37 heavy (non-hydrogen) atoms. The number of esters is 1. The summed E-state index contributed by atoms with van der Waals surface area (Å²) in [5.74, 6) is 1.84. The minimum absolute atomic E-state index is 0.211. The van der Waals surface area contributed by atoms with Gasteiger partial charge in [0.25, 0.3) is 0 Å². The van der Waals surface area contributed by atoms with Gasteiger partial charge in [-0.05, 0) is 60.2 Å². The lowest BCUT2D eigenvalue weighted by atomic mass is 10.1. The van der Waals surface area contributed by atoms with Gasteiger partial charge in [-0.15, -0.1) is 0 Å². The first-order valence-electron chi connectivity index (χ1n) is 11.0. The Labute approximate surface area is 215 Å². The molecule has 0 unspecified atom stereocenters. The van der Waals surface area contributed by atoms with Gasteiger partial charge in [0.2, 0.25) is 11.5 Å². The van der Waals surface area contributed by atoms with Crippen molar-refractivity contribution in [1.29, 1.82) is 0 Å². The van der Waals surface area contributed by atoms with Crippen LogP contribution in [0.2, 0.25) is 0 Å². The second-order valence-corrected chi connectivity index (χ2v) is 7.48. The standard InChI is InChI=1S/C28H28O9/c1-31-22-13-17(14-23(32-2)26(22)35-5)7-12-21(29)18-8-10-20(11-9-18)37-28(30)19-15-24(33-3)27(36-6)25(16-19)34-4/h7-16H,1-6H3. The SMILES string of the molecule is COc1cc(C=CC(=O)c2ccc(OC(=O)c3cc(OC)c(OC)c(OC)c3)cc2)cc(OC)c1OC. The maximum absolute atomic E-state index is 12.7. The van der Waals surface area contributed by atoms with E-state index in [4.69, 9.17) is 33.2 Å². The summed E-state index contributed by atoms with van der Waals surface area (Å²) in [6, 6.07) is 12.7. The van der Waals surface area contributed by atoms with Gasteiger partial charge >= 0.3 is 5.97 Å². The molecule has 0 N–H and O–H groups in total. The van der Waals surface area contributed by atoms with E-state index in [2.05, 4.69) is 0 Å². The van der Waals surface area contributed by atoms with Gasteiger partial charge in [0, 0.05) is 5.56 Å². The zero-order valence-corrected chi connectivity index (χ0v) is 21.4. The summed E-state index contributed by atoms with van der Waals surface area (Å²) in [5.41, 5.74) is 1.32. The van der Waals surface area contributed by atoms with Crippen LogP contribution in [0.15, 0.2) is 54.6 Å². The van der Waals surface area contributed by atoms with Gasteiger partial charge < -0.3 is 33.2 Å². The first kappa shape index (κ1) is 26.9. The van der Waals surface area contributed by atoms with Crippen LogP contribution in [0.3, 0.4) is 0 Å². The molecule has 0 fully saturated rings. The number of carbonyl (C=O) groups is 2. The van der Waals surface area contributed by atoms with E-state index in [-0.39, 0.29) is 17.1 Å². The first-order valence-corrected chi connectivity index (χ1v) is 11.0. The molecule has 0 spiro atoms. The minimum Gasteiger partial charge on any atom is -0.493 e. The quantitative estimate of drug-likeness (QED) is 0.156. The number of hydrogen-bond donors (Lipinski definition) is 0. The van der Waals surface area contributed by atoms with Crippen molar-refractivity contribution < 1.29 is 42.7 Å². The largest absolute Gasteiger partial charge is 0.493 e. The van der Waals surface area contributed by atoms with Gasteiger partial charge in [-0.25, -0.2) is 4.79 Å². The highest BCUT2D eigenvalue weighted by Gasteiger charge is 2.18. The Morgan fingerprint density at radius 1 is 0.595 bits per heavy atom. The Morgan fingerprint density at radius 3 is 1.49 bits per heavy atom. The van der Waals surface area contributed by atoms with Gasteiger partial charge in [0.05, 0.1) is 48.2 Å². The summed E-state index contributed by atoms with van der Waals surface area (Å²) in [7, 11) is 8.94. The molecule has 0 aliphatic heterocycles. The summed E-state index contributed by atoms with van der Waals surface area (Å²) in [5, 5.41) is 0. The third kappa shape index (κ3) is 6.13. The van der Waals surface area contributed by atoms with Crippen LogP contribution in [0, 0.1) is 0 Å². The average molecular weight is 509 g/mol. The molecule has 0 amide bonds. The predicted molar refractivity (Wildman–Crippen MR) is 137 cm³/mol. The average Bonchev–Trinajstić information content (AvgIpc) is 2.94.